The van der Waals surface area contributed by atoms with E-state index in [0.717, 1.165) is 38.6 Å². The van der Waals surface area contributed by atoms with Gasteiger partial charge in [0, 0.05) is 32.7 Å². The van der Waals surface area contributed by atoms with Gasteiger partial charge in [-0.2, -0.15) is 0 Å². The van der Waals surface area contributed by atoms with Crippen molar-refractivity contribution >= 4 is 36.0 Å². The number of rotatable bonds is 7. The van der Waals surface area contributed by atoms with E-state index in [4.69, 9.17) is 4.74 Å². The maximum absolute atomic E-state index is 11.5. The van der Waals surface area contributed by atoms with E-state index in [1.807, 2.05) is 20.8 Å². The van der Waals surface area contributed by atoms with Crippen molar-refractivity contribution in [3.05, 3.63) is 0 Å². The molecule has 1 saturated heterocycles. The number of nitrogens with zero attached hydrogens (tertiary/aromatic N) is 2. The summed E-state index contributed by atoms with van der Waals surface area (Å²) in [5.74, 6) is 1.50. The van der Waals surface area contributed by atoms with Crippen molar-refractivity contribution < 1.29 is 9.53 Å². The Kier molecular flexibility index (Phi) is 12.2. The molecule has 1 heterocycles. The van der Waals surface area contributed by atoms with E-state index in [-0.39, 0.29) is 30.1 Å². The number of carbonyl (C=O) groups excluding carboxylic acids is 1. The van der Waals surface area contributed by atoms with Crippen molar-refractivity contribution in [2.24, 2.45) is 10.9 Å². The lowest BCUT2D eigenvalue weighted by Crippen LogP contribution is -2.39. The highest BCUT2D eigenvalue weighted by Gasteiger charge is 2.19. The molecule has 1 amide bonds. The van der Waals surface area contributed by atoms with Crippen LogP contribution in [0, 0.1) is 5.92 Å². The Morgan fingerprint density at radius 1 is 1.24 bits per heavy atom. The number of nitrogens with one attached hydrogen (secondary N) is 3. The summed E-state index contributed by atoms with van der Waals surface area (Å²) < 4.78 is 5.20. The van der Waals surface area contributed by atoms with Gasteiger partial charge >= 0.3 is 6.09 Å². The molecule has 0 spiro atoms. The monoisotopic (exact) mass is 469 g/mol. The quantitative estimate of drug-likeness (QED) is 0.230. The Hall–Kier alpha value is -0.770. The number of carbonyl (C=O) groups is 1. The van der Waals surface area contributed by atoms with E-state index < -0.39 is 5.60 Å². The lowest BCUT2D eigenvalue weighted by Gasteiger charge is -2.19. The van der Waals surface area contributed by atoms with Crippen LogP contribution in [0.25, 0.3) is 0 Å². The second-order valence-electron chi connectivity index (χ2n) is 7.35. The zero-order valence-electron chi connectivity index (χ0n) is 16.4. The van der Waals surface area contributed by atoms with Gasteiger partial charge in [-0.05, 0) is 60.0 Å². The third kappa shape index (κ3) is 12.3. The van der Waals surface area contributed by atoms with Gasteiger partial charge in [0.05, 0.1) is 0 Å². The predicted molar refractivity (Wildman–Crippen MR) is 114 cm³/mol. The third-order valence-corrected chi connectivity index (χ3v) is 3.65. The number of guanidine groups is 1. The number of ether oxygens (including phenoxy) is 1. The molecule has 148 valence electrons. The SMILES string of the molecule is CCNC(=NCC1CCN(C)C1)NCCCNC(=O)OC(C)(C)C.I. The Morgan fingerprint density at radius 2 is 1.92 bits per heavy atom. The summed E-state index contributed by atoms with van der Waals surface area (Å²) in [6, 6.07) is 0. The Balaban J connectivity index is 0.00000576. The van der Waals surface area contributed by atoms with Gasteiger partial charge in [0.1, 0.15) is 5.60 Å². The van der Waals surface area contributed by atoms with Crippen LogP contribution >= 0.6 is 24.0 Å². The van der Waals surface area contributed by atoms with Crippen molar-refractivity contribution in [2.75, 3.05) is 46.3 Å². The minimum absolute atomic E-state index is 0. The maximum atomic E-state index is 11.5. The summed E-state index contributed by atoms with van der Waals surface area (Å²) >= 11 is 0. The number of hydrogen-bond donors (Lipinski definition) is 3. The average Bonchev–Trinajstić information content (AvgIpc) is 2.88. The van der Waals surface area contributed by atoms with Crippen LogP contribution in [-0.2, 0) is 4.74 Å². The molecule has 25 heavy (non-hydrogen) atoms. The van der Waals surface area contributed by atoms with Crippen LogP contribution in [0.15, 0.2) is 4.99 Å². The van der Waals surface area contributed by atoms with Crippen LogP contribution in [0.4, 0.5) is 4.79 Å². The van der Waals surface area contributed by atoms with Gasteiger partial charge in [0.25, 0.3) is 0 Å². The van der Waals surface area contributed by atoms with Crippen molar-refractivity contribution in [1.82, 2.24) is 20.9 Å². The van der Waals surface area contributed by atoms with E-state index in [1.54, 1.807) is 0 Å². The standard InChI is InChI=1S/C17H35N5O2.HI/c1-6-18-15(21-12-14-8-11-22(5)13-14)19-9-7-10-20-16(23)24-17(2,3)4;/h14H,6-13H2,1-5H3,(H,20,23)(H2,18,19,21);1H. The van der Waals surface area contributed by atoms with E-state index in [9.17, 15) is 4.79 Å². The Labute approximate surface area is 169 Å². The molecule has 1 unspecified atom stereocenters. The molecule has 0 bridgehead atoms. The summed E-state index contributed by atoms with van der Waals surface area (Å²) in [6.45, 7) is 13.0. The smallest absolute Gasteiger partial charge is 0.407 e. The molecule has 1 rings (SSSR count). The molecule has 7 nitrogen and oxygen atoms in total. The Bertz CT molecular complexity index is 412. The fourth-order valence-corrected chi connectivity index (χ4v) is 2.54. The molecule has 0 aromatic heterocycles. The topological polar surface area (TPSA) is 78.0 Å². The molecule has 3 N–H and O–H groups in total. The zero-order chi connectivity index (χ0) is 18.0. The summed E-state index contributed by atoms with van der Waals surface area (Å²) in [6.07, 6.45) is 1.67. The highest BCUT2D eigenvalue weighted by atomic mass is 127. The minimum atomic E-state index is -0.457. The first-order chi connectivity index (χ1) is 11.3. The summed E-state index contributed by atoms with van der Waals surface area (Å²) in [7, 11) is 2.16. The van der Waals surface area contributed by atoms with Crippen molar-refractivity contribution in [3.8, 4) is 0 Å². The molecule has 1 aliphatic heterocycles. The molecule has 1 aliphatic rings. The fraction of sp³-hybridized carbons (Fsp3) is 0.882. The zero-order valence-corrected chi connectivity index (χ0v) is 18.7. The molecular formula is C17H36IN5O2. The van der Waals surface area contributed by atoms with E-state index in [1.165, 1.54) is 13.0 Å². The van der Waals surface area contributed by atoms with Gasteiger partial charge in [-0.25, -0.2) is 4.79 Å². The van der Waals surface area contributed by atoms with Gasteiger partial charge in [0.2, 0.25) is 0 Å². The molecule has 0 saturated carbocycles. The molecule has 1 fully saturated rings. The first-order valence-electron chi connectivity index (χ1n) is 8.97. The Morgan fingerprint density at radius 3 is 2.48 bits per heavy atom. The average molecular weight is 469 g/mol. The molecule has 1 atom stereocenters. The normalized spacial score (nSPS) is 18.4. The van der Waals surface area contributed by atoms with Gasteiger partial charge < -0.3 is 25.6 Å². The fourth-order valence-electron chi connectivity index (χ4n) is 2.54. The first-order valence-corrected chi connectivity index (χ1v) is 8.97. The van der Waals surface area contributed by atoms with Gasteiger partial charge in [-0.1, -0.05) is 0 Å². The predicted octanol–water partition coefficient (Wildman–Crippen LogP) is 2.03. The van der Waals surface area contributed by atoms with E-state index in [0.29, 0.717) is 12.5 Å². The number of aliphatic imine (C=N–C) groups is 1. The highest BCUT2D eigenvalue weighted by Crippen LogP contribution is 2.14. The second kappa shape index (κ2) is 12.6. The lowest BCUT2D eigenvalue weighted by molar-refractivity contribution is 0.0527. The maximum Gasteiger partial charge on any atom is 0.407 e. The second-order valence-corrected chi connectivity index (χ2v) is 7.35. The van der Waals surface area contributed by atoms with Crippen LogP contribution in [0.3, 0.4) is 0 Å². The van der Waals surface area contributed by atoms with Crippen molar-refractivity contribution in [3.63, 3.8) is 0 Å². The molecular weight excluding hydrogens is 433 g/mol. The van der Waals surface area contributed by atoms with Crippen LogP contribution < -0.4 is 16.0 Å². The number of likely N-dealkylation sites (tertiary alicyclic amines) is 1. The molecule has 0 aliphatic carbocycles. The molecule has 0 aromatic rings. The number of halogens is 1. The number of hydrogen-bond acceptors (Lipinski definition) is 4. The molecule has 0 radical (unpaired) electrons. The minimum Gasteiger partial charge on any atom is -0.444 e. The van der Waals surface area contributed by atoms with Crippen LogP contribution in [-0.4, -0.2) is 68.9 Å². The molecule has 8 heteroatoms. The van der Waals surface area contributed by atoms with Crippen molar-refractivity contribution in [1.29, 1.82) is 0 Å². The largest absolute Gasteiger partial charge is 0.444 e. The van der Waals surface area contributed by atoms with Crippen LogP contribution in [0.2, 0.25) is 0 Å². The number of alkyl carbamates (subject to hydrolysis) is 1. The summed E-state index contributed by atoms with van der Waals surface area (Å²) in [5, 5.41) is 9.33. The highest BCUT2D eigenvalue weighted by molar-refractivity contribution is 14.0. The van der Waals surface area contributed by atoms with Crippen LogP contribution in [0.1, 0.15) is 40.5 Å². The van der Waals surface area contributed by atoms with Gasteiger partial charge in [-0.3, -0.25) is 4.99 Å². The van der Waals surface area contributed by atoms with Gasteiger partial charge in [0.15, 0.2) is 5.96 Å². The van der Waals surface area contributed by atoms with Crippen molar-refractivity contribution in [2.45, 2.75) is 46.1 Å². The van der Waals surface area contributed by atoms with E-state index >= 15 is 0 Å². The molecule has 0 aromatic carbocycles. The first kappa shape index (κ1) is 24.2. The summed E-state index contributed by atoms with van der Waals surface area (Å²) in [5.41, 5.74) is -0.457. The van der Waals surface area contributed by atoms with Gasteiger partial charge in [-0.15, -0.1) is 24.0 Å². The summed E-state index contributed by atoms with van der Waals surface area (Å²) in [4.78, 5) is 18.6. The third-order valence-electron chi connectivity index (χ3n) is 3.65. The lowest BCUT2D eigenvalue weighted by atomic mass is 10.1. The number of amides is 1. The van der Waals surface area contributed by atoms with E-state index in [2.05, 4.69) is 39.8 Å². The van der Waals surface area contributed by atoms with Crippen LogP contribution in [0.5, 0.6) is 0 Å².